The van der Waals surface area contributed by atoms with E-state index in [-0.39, 0.29) is 30.3 Å². The average molecular weight is 392 g/mol. The van der Waals surface area contributed by atoms with Gasteiger partial charge in [-0.05, 0) is 24.3 Å². The molecule has 0 fully saturated rings. The molecule has 0 atom stereocenters. The number of sulfonamides is 1. The first-order valence-corrected chi connectivity index (χ1v) is 8.72. The molecule has 2 N–H and O–H groups in total. The molecule has 0 aliphatic rings. The highest BCUT2D eigenvalue weighted by atomic mass is 79.9. The van der Waals surface area contributed by atoms with Crippen LogP contribution < -0.4 is 10.0 Å². The topological polar surface area (TPSA) is 95.6 Å². The van der Waals surface area contributed by atoms with Crippen molar-refractivity contribution < 1.29 is 18.0 Å². The molecule has 9 heteroatoms. The zero-order chi connectivity index (χ0) is 16.8. The third-order valence-electron chi connectivity index (χ3n) is 2.70. The largest absolute Gasteiger partial charge is 0.347 e. The molecule has 0 saturated heterocycles. The molecule has 1 aromatic rings. The molecule has 1 aromatic carbocycles. The van der Waals surface area contributed by atoms with Crippen molar-refractivity contribution in [3.63, 3.8) is 0 Å². The van der Waals surface area contributed by atoms with Crippen LogP contribution in [0, 0.1) is 0 Å². The van der Waals surface area contributed by atoms with Gasteiger partial charge in [-0.2, -0.15) is 0 Å². The van der Waals surface area contributed by atoms with E-state index in [0.717, 1.165) is 4.47 Å². The van der Waals surface area contributed by atoms with Crippen LogP contribution in [0.4, 0.5) is 0 Å². The van der Waals surface area contributed by atoms with Gasteiger partial charge in [-0.15, -0.1) is 0 Å². The lowest BCUT2D eigenvalue weighted by atomic mass is 10.4. The number of likely N-dealkylation sites (N-methyl/N-ethyl adjacent to an activating group) is 1. The van der Waals surface area contributed by atoms with Gasteiger partial charge < -0.3 is 10.2 Å². The predicted molar refractivity (Wildman–Crippen MR) is 85.7 cm³/mol. The fourth-order valence-corrected chi connectivity index (χ4v) is 2.71. The van der Waals surface area contributed by atoms with Crippen molar-refractivity contribution in [3.8, 4) is 0 Å². The van der Waals surface area contributed by atoms with Gasteiger partial charge in [0.2, 0.25) is 21.8 Å². The number of carbonyl (C=O) groups is 2. The van der Waals surface area contributed by atoms with E-state index in [1.165, 1.54) is 17.0 Å². The Labute approximate surface area is 138 Å². The molecule has 0 radical (unpaired) electrons. The molecule has 122 valence electrons. The fraction of sp³-hybridized carbons (Fsp3) is 0.385. The van der Waals surface area contributed by atoms with Gasteiger partial charge in [0.25, 0.3) is 0 Å². The lowest BCUT2D eigenvalue weighted by Crippen LogP contribution is -2.37. The summed E-state index contributed by atoms with van der Waals surface area (Å²) in [5.74, 6) is -0.627. The molecule has 0 aliphatic heterocycles. The number of rotatable bonds is 7. The molecule has 0 unspecified atom stereocenters. The Balaban J connectivity index is 2.41. The minimum atomic E-state index is -3.64. The van der Waals surface area contributed by atoms with Crippen LogP contribution in [0.5, 0.6) is 0 Å². The maximum Gasteiger partial charge on any atom is 0.241 e. The highest BCUT2D eigenvalue weighted by molar-refractivity contribution is 9.10. The summed E-state index contributed by atoms with van der Waals surface area (Å²) in [6.07, 6.45) is -0.0452. The number of carbonyl (C=O) groups excluding carboxylic acids is 2. The smallest absolute Gasteiger partial charge is 0.241 e. The molecule has 22 heavy (non-hydrogen) atoms. The van der Waals surface area contributed by atoms with Crippen molar-refractivity contribution in [2.24, 2.45) is 0 Å². The van der Waals surface area contributed by atoms with Crippen LogP contribution in [0.3, 0.4) is 0 Å². The van der Waals surface area contributed by atoms with Gasteiger partial charge in [0.15, 0.2) is 0 Å². The Morgan fingerprint density at radius 2 is 1.77 bits per heavy atom. The van der Waals surface area contributed by atoms with Crippen LogP contribution in [0.2, 0.25) is 0 Å². The van der Waals surface area contributed by atoms with Crippen LogP contribution in [-0.2, 0) is 19.6 Å². The number of nitrogens with zero attached hydrogens (tertiary/aromatic N) is 1. The Hall–Kier alpha value is -1.45. The molecular formula is C13H18BrN3O4S. The number of hydrogen-bond acceptors (Lipinski definition) is 4. The van der Waals surface area contributed by atoms with Gasteiger partial charge in [-0.3, -0.25) is 9.59 Å². The third kappa shape index (κ3) is 6.12. The van der Waals surface area contributed by atoms with Gasteiger partial charge in [0.05, 0.1) is 11.4 Å². The molecule has 0 bridgehead atoms. The molecule has 2 amide bonds. The van der Waals surface area contributed by atoms with Crippen LogP contribution in [-0.4, -0.2) is 52.3 Å². The first kappa shape index (κ1) is 18.6. The molecular weight excluding hydrogens is 374 g/mol. The van der Waals surface area contributed by atoms with E-state index in [0.29, 0.717) is 0 Å². The second kappa shape index (κ2) is 8.25. The van der Waals surface area contributed by atoms with Crippen molar-refractivity contribution in [1.29, 1.82) is 0 Å². The molecule has 0 saturated carbocycles. The maximum atomic E-state index is 12.0. The highest BCUT2D eigenvalue weighted by Gasteiger charge is 2.14. The number of benzene rings is 1. The van der Waals surface area contributed by atoms with E-state index in [1.54, 1.807) is 26.2 Å². The van der Waals surface area contributed by atoms with Crippen LogP contribution >= 0.6 is 15.9 Å². The van der Waals surface area contributed by atoms with E-state index in [2.05, 4.69) is 26.0 Å². The first-order valence-electron chi connectivity index (χ1n) is 6.44. The predicted octanol–water partition coefficient (Wildman–Crippen LogP) is 0.322. The van der Waals surface area contributed by atoms with E-state index in [4.69, 9.17) is 0 Å². The Morgan fingerprint density at radius 1 is 1.18 bits per heavy atom. The third-order valence-corrected chi connectivity index (χ3v) is 4.71. The number of nitrogens with one attached hydrogen (secondary N) is 2. The van der Waals surface area contributed by atoms with Crippen molar-refractivity contribution in [2.75, 3.05) is 27.2 Å². The van der Waals surface area contributed by atoms with E-state index < -0.39 is 15.9 Å². The molecule has 0 aromatic heterocycles. The second-order valence-corrected chi connectivity index (χ2v) is 7.35. The van der Waals surface area contributed by atoms with Gasteiger partial charge in [-0.25, -0.2) is 13.1 Å². The standard InChI is InChI=1S/C13H18BrN3O4S/c1-17(2)13(19)9-15-12(18)7-8-16-22(20,21)11-5-3-10(14)4-6-11/h3-6,16H,7-9H2,1-2H3,(H,15,18). The Morgan fingerprint density at radius 3 is 2.32 bits per heavy atom. The average Bonchev–Trinajstić information content (AvgIpc) is 2.44. The summed E-state index contributed by atoms with van der Waals surface area (Å²) in [6.45, 7) is -0.147. The van der Waals surface area contributed by atoms with Crippen molar-refractivity contribution in [2.45, 2.75) is 11.3 Å². The summed E-state index contributed by atoms with van der Waals surface area (Å²) >= 11 is 3.22. The SMILES string of the molecule is CN(C)C(=O)CNC(=O)CCNS(=O)(=O)c1ccc(Br)cc1. The molecule has 1 rings (SSSR count). The lowest BCUT2D eigenvalue weighted by molar-refractivity contribution is -0.130. The maximum absolute atomic E-state index is 12.0. The summed E-state index contributed by atoms with van der Waals surface area (Å²) < 4.78 is 27.0. The Kier molecular flexibility index (Phi) is 6.98. The fourth-order valence-electron chi connectivity index (χ4n) is 1.42. The molecule has 7 nitrogen and oxygen atoms in total. The monoisotopic (exact) mass is 391 g/mol. The zero-order valence-electron chi connectivity index (χ0n) is 12.3. The normalized spacial score (nSPS) is 11.0. The zero-order valence-corrected chi connectivity index (χ0v) is 14.7. The van der Waals surface area contributed by atoms with Gasteiger partial charge >= 0.3 is 0 Å². The van der Waals surface area contributed by atoms with Crippen LogP contribution in [0.15, 0.2) is 33.6 Å². The number of hydrogen-bond donors (Lipinski definition) is 2. The van der Waals surface area contributed by atoms with Crippen molar-refractivity contribution >= 4 is 37.8 Å². The number of amides is 2. The van der Waals surface area contributed by atoms with Crippen molar-refractivity contribution in [3.05, 3.63) is 28.7 Å². The number of halogens is 1. The van der Waals surface area contributed by atoms with E-state index in [1.807, 2.05) is 0 Å². The molecule has 0 spiro atoms. The minimum absolute atomic E-state index is 0.0413. The summed E-state index contributed by atoms with van der Waals surface area (Å²) in [4.78, 5) is 24.3. The van der Waals surface area contributed by atoms with Crippen LogP contribution in [0.25, 0.3) is 0 Å². The van der Waals surface area contributed by atoms with Crippen molar-refractivity contribution in [1.82, 2.24) is 14.9 Å². The quantitative estimate of drug-likeness (QED) is 0.699. The van der Waals surface area contributed by atoms with E-state index >= 15 is 0 Å². The molecule has 0 aliphatic carbocycles. The van der Waals surface area contributed by atoms with Gasteiger partial charge in [-0.1, -0.05) is 15.9 Å². The lowest BCUT2D eigenvalue weighted by Gasteiger charge is -2.11. The summed E-state index contributed by atoms with van der Waals surface area (Å²) in [6, 6.07) is 6.16. The summed E-state index contributed by atoms with van der Waals surface area (Å²) in [5.41, 5.74) is 0. The van der Waals surface area contributed by atoms with Gasteiger partial charge in [0.1, 0.15) is 0 Å². The molecule has 0 heterocycles. The minimum Gasteiger partial charge on any atom is -0.347 e. The summed E-state index contributed by atoms with van der Waals surface area (Å²) in [7, 11) is -0.475. The highest BCUT2D eigenvalue weighted by Crippen LogP contribution is 2.14. The van der Waals surface area contributed by atoms with Gasteiger partial charge in [0, 0.05) is 31.5 Å². The second-order valence-electron chi connectivity index (χ2n) is 4.67. The van der Waals surface area contributed by atoms with Crippen LogP contribution in [0.1, 0.15) is 6.42 Å². The first-order chi connectivity index (χ1) is 10.2. The Bertz CT molecular complexity index is 629. The summed E-state index contributed by atoms with van der Waals surface area (Å²) in [5, 5.41) is 2.43. The van der Waals surface area contributed by atoms with E-state index in [9.17, 15) is 18.0 Å².